The molecule has 4 heterocycles. The number of fused-ring (bicyclic) bond motifs is 1. The highest BCUT2D eigenvalue weighted by molar-refractivity contribution is 7.13. The summed E-state index contributed by atoms with van der Waals surface area (Å²) in [6, 6.07) is 5.44. The number of esters is 1. The summed E-state index contributed by atoms with van der Waals surface area (Å²) < 4.78 is 53.2. The zero-order valence-electron chi connectivity index (χ0n) is 28.1. The van der Waals surface area contributed by atoms with Crippen LogP contribution in [0.2, 0.25) is 0 Å². The van der Waals surface area contributed by atoms with E-state index in [0.29, 0.717) is 42.6 Å². The lowest BCUT2D eigenvalue weighted by atomic mass is 9.98. The van der Waals surface area contributed by atoms with Crippen LogP contribution in [0.1, 0.15) is 69.6 Å². The van der Waals surface area contributed by atoms with Crippen LogP contribution in [0, 0.1) is 0 Å². The Labute approximate surface area is 289 Å². The van der Waals surface area contributed by atoms with Crippen LogP contribution < -0.4 is 16.1 Å². The molecular weight excluding hydrogens is 677 g/mol. The Morgan fingerprint density at radius 1 is 1.10 bits per heavy atom. The van der Waals surface area contributed by atoms with E-state index >= 15 is 0 Å². The number of urea groups is 1. The van der Waals surface area contributed by atoms with E-state index in [2.05, 4.69) is 20.6 Å². The fourth-order valence-electron chi connectivity index (χ4n) is 5.63. The Bertz CT molecular complexity index is 1990. The number of carbonyl (C=O) groups is 3. The number of anilines is 1. The zero-order chi connectivity index (χ0) is 36.4. The number of carbonyl (C=O) groups excluding carboxylic acids is 3. The minimum absolute atomic E-state index is 0.0101. The highest BCUT2D eigenvalue weighted by Gasteiger charge is 2.34. The van der Waals surface area contributed by atoms with Crippen molar-refractivity contribution in [2.75, 3.05) is 31.6 Å². The lowest BCUT2D eigenvalue weighted by molar-refractivity contribution is -0.140. The molecule has 1 unspecified atom stereocenters. The summed E-state index contributed by atoms with van der Waals surface area (Å²) in [5.41, 5.74) is -1.15. The van der Waals surface area contributed by atoms with E-state index in [0.717, 1.165) is 16.7 Å². The van der Waals surface area contributed by atoms with Gasteiger partial charge < -0.3 is 24.3 Å². The van der Waals surface area contributed by atoms with Gasteiger partial charge in [0.15, 0.2) is 5.69 Å². The first-order valence-corrected chi connectivity index (χ1v) is 16.9. The van der Waals surface area contributed by atoms with Crippen molar-refractivity contribution in [3.05, 3.63) is 63.5 Å². The second-order valence-electron chi connectivity index (χ2n) is 12.6. The molecule has 0 radical (unpaired) electrons. The van der Waals surface area contributed by atoms with Gasteiger partial charge in [-0.05, 0) is 71.2 Å². The van der Waals surface area contributed by atoms with Gasteiger partial charge in [-0.15, -0.1) is 11.3 Å². The second kappa shape index (κ2) is 14.5. The van der Waals surface area contributed by atoms with Crippen molar-refractivity contribution in [1.29, 1.82) is 0 Å². The van der Waals surface area contributed by atoms with Crippen LogP contribution in [0.3, 0.4) is 0 Å². The number of nitrogens with zero attached hydrogens (tertiary/aromatic N) is 4. The van der Waals surface area contributed by atoms with Gasteiger partial charge in [-0.2, -0.15) is 13.2 Å². The molecule has 1 atom stereocenters. The summed E-state index contributed by atoms with van der Waals surface area (Å²) in [6.07, 6.45) is -1.04. The number of aromatic nitrogens is 3. The molecule has 12 nitrogen and oxygen atoms in total. The minimum atomic E-state index is -4.68. The maximum atomic E-state index is 13.9. The van der Waals surface area contributed by atoms with Gasteiger partial charge in [0.2, 0.25) is 5.43 Å². The van der Waals surface area contributed by atoms with E-state index in [9.17, 15) is 32.3 Å². The van der Waals surface area contributed by atoms with Crippen LogP contribution in [-0.4, -0.2) is 69.4 Å². The maximum Gasteiger partial charge on any atom is 0.434 e. The van der Waals surface area contributed by atoms with Gasteiger partial charge in [0.1, 0.15) is 22.0 Å². The molecule has 4 aromatic rings. The Morgan fingerprint density at radius 2 is 1.86 bits per heavy atom. The maximum absolute atomic E-state index is 13.9. The van der Waals surface area contributed by atoms with E-state index in [1.807, 2.05) is 0 Å². The molecule has 50 heavy (non-hydrogen) atoms. The van der Waals surface area contributed by atoms with Crippen molar-refractivity contribution in [2.24, 2.45) is 0 Å². The third kappa shape index (κ3) is 8.07. The Kier molecular flexibility index (Phi) is 10.5. The molecule has 3 amide bonds. The normalized spacial score (nSPS) is 15.1. The Hall–Kier alpha value is -4.99. The number of likely N-dealkylation sites (tertiary alicyclic amines) is 1. The van der Waals surface area contributed by atoms with Crippen molar-refractivity contribution in [1.82, 2.24) is 24.8 Å². The topological polar surface area (TPSA) is 145 Å². The van der Waals surface area contributed by atoms with Crippen molar-refractivity contribution in [3.8, 4) is 21.7 Å². The average molecular weight is 715 g/mol. The number of ether oxygens (including phenoxy) is 2. The van der Waals surface area contributed by atoms with E-state index in [-0.39, 0.29) is 46.5 Å². The number of thiazole rings is 1. The fraction of sp³-hybridized carbons (Fsp3) is 0.412. The second-order valence-corrected chi connectivity index (χ2v) is 13.4. The Balaban J connectivity index is 1.65. The van der Waals surface area contributed by atoms with Gasteiger partial charge in [0.05, 0.1) is 18.2 Å². The SMILES string of the molecule is CCNC(=O)Nc1cc(-c2nc(C(F)(F)F)cs2)c(-c2ccc3c(c2)c(=O)c(C(=O)OCC)cn3C2CCCN(C(=O)OC(C)(C)C)C2)cn1. The van der Waals surface area contributed by atoms with Gasteiger partial charge in [0, 0.05) is 53.9 Å². The first-order chi connectivity index (χ1) is 23.6. The van der Waals surface area contributed by atoms with Crippen molar-refractivity contribution in [3.63, 3.8) is 0 Å². The third-order valence-corrected chi connectivity index (χ3v) is 8.66. The molecule has 1 aliphatic heterocycles. The molecule has 266 valence electrons. The molecule has 0 aliphatic carbocycles. The lowest BCUT2D eigenvalue weighted by Gasteiger charge is -2.35. The summed E-state index contributed by atoms with van der Waals surface area (Å²) in [4.78, 5) is 61.9. The molecule has 0 spiro atoms. The number of pyridine rings is 2. The van der Waals surface area contributed by atoms with E-state index in [1.54, 1.807) is 62.3 Å². The van der Waals surface area contributed by atoms with Gasteiger partial charge >= 0.3 is 24.3 Å². The van der Waals surface area contributed by atoms with E-state index < -0.39 is 41.0 Å². The molecule has 1 fully saturated rings. The van der Waals surface area contributed by atoms with E-state index in [4.69, 9.17) is 9.47 Å². The fourth-order valence-corrected chi connectivity index (χ4v) is 6.49. The highest BCUT2D eigenvalue weighted by Crippen LogP contribution is 2.39. The minimum Gasteiger partial charge on any atom is -0.462 e. The first kappa shape index (κ1) is 36.3. The van der Waals surface area contributed by atoms with Crippen LogP contribution in [0.15, 0.2) is 46.8 Å². The van der Waals surface area contributed by atoms with Crippen LogP contribution in [0.25, 0.3) is 32.6 Å². The number of hydrogen-bond donors (Lipinski definition) is 2. The third-order valence-electron chi connectivity index (χ3n) is 7.79. The number of piperidine rings is 1. The number of benzene rings is 1. The van der Waals surface area contributed by atoms with Gasteiger partial charge in [-0.1, -0.05) is 6.07 Å². The molecule has 0 saturated carbocycles. The lowest BCUT2D eigenvalue weighted by Crippen LogP contribution is -2.43. The largest absolute Gasteiger partial charge is 0.462 e. The summed E-state index contributed by atoms with van der Waals surface area (Å²) in [5, 5.41) is 6.18. The number of halogens is 3. The van der Waals surface area contributed by atoms with Gasteiger partial charge in [-0.3, -0.25) is 10.1 Å². The molecule has 1 saturated heterocycles. The summed E-state index contributed by atoms with van der Waals surface area (Å²) in [5.74, 6) is -0.748. The summed E-state index contributed by atoms with van der Waals surface area (Å²) >= 11 is 0.765. The Morgan fingerprint density at radius 3 is 2.52 bits per heavy atom. The van der Waals surface area contributed by atoms with Crippen molar-refractivity contribution in [2.45, 2.75) is 65.3 Å². The predicted molar refractivity (Wildman–Crippen MR) is 182 cm³/mol. The number of alkyl halides is 3. The quantitative estimate of drug-likeness (QED) is 0.193. The molecule has 1 aliphatic rings. The first-order valence-electron chi connectivity index (χ1n) is 16.0. The smallest absolute Gasteiger partial charge is 0.434 e. The summed E-state index contributed by atoms with van der Waals surface area (Å²) in [7, 11) is 0. The highest BCUT2D eigenvalue weighted by atomic mass is 32.1. The number of amides is 3. The van der Waals surface area contributed by atoms with E-state index in [1.165, 1.54) is 18.5 Å². The van der Waals surface area contributed by atoms with Gasteiger partial charge in [-0.25, -0.2) is 24.4 Å². The zero-order valence-corrected chi connectivity index (χ0v) is 29.0. The van der Waals surface area contributed by atoms with Crippen LogP contribution in [0.5, 0.6) is 0 Å². The molecular formula is C34H37F3N6O6S. The number of rotatable bonds is 7. The molecule has 3 aromatic heterocycles. The molecule has 1 aromatic carbocycles. The summed E-state index contributed by atoms with van der Waals surface area (Å²) in [6.45, 7) is 9.79. The number of hydrogen-bond acceptors (Lipinski definition) is 9. The van der Waals surface area contributed by atoms with Crippen LogP contribution >= 0.6 is 11.3 Å². The molecule has 16 heteroatoms. The number of nitrogens with one attached hydrogen (secondary N) is 2. The molecule has 0 bridgehead atoms. The van der Waals surface area contributed by atoms with Crippen LogP contribution in [-0.2, 0) is 15.7 Å². The van der Waals surface area contributed by atoms with Crippen molar-refractivity contribution < 1.29 is 37.0 Å². The average Bonchev–Trinajstić information content (AvgIpc) is 3.56. The monoisotopic (exact) mass is 714 g/mol. The van der Waals surface area contributed by atoms with Crippen LogP contribution in [0.4, 0.5) is 28.6 Å². The standard InChI is InChI=1S/C34H37F3N6O6S/c1-6-38-31(46)41-27-14-21(29-40-26(18-50-29)34(35,36)37)23(15-39-27)19-10-11-25-22(13-19)28(44)24(30(45)48-7-2)17-43(25)20-9-8-12-42(16-20)32(47)49-33(3,4)5/h10-11,13-15,17-18,20H,6-9,12,16H2,1-5H3,(H2,38,39,41,46). The molecule has 5 rings (SSSR count). The predicted octanol–water partition coefficient (Wildman–Crippen LogP) is 7.10. The van der Waals surface area contributed by atoms with Crippen molar-refractivity contribution >= 4 is 46.2 Å². The van der Waals surface area contributed by atoms with Gasteiger partial charge in [0.25, 0.3) is 0 Å². The molecule has 2 N–H and O–H groups in total.